The number of alkyl halides is 3. The Labute approximate surface area is 105 Å². The van der Waals surface area contributed by atoms with Gasteiger partial charge in [-0.05, 0) is 30.0 Å². The Hall–Kier alpha value is -0.880. The Morgan fingerprint density at radius 1 is 1.41 bits per heavy atom. The zero-order chi connectivity index (χ0) is 13.2. The molecule has 0 aromatic heterocycles. The van der Waals surface area contributed by atoms with E-state index in [2.05, 4.69) is 0 Å². The first-order chi connectivity index (χ1) is 7.81. The van der Waals surface area contributed by atoms with Crippen LogP contribution in [-0.2, 0) is 6.18 Å². The van der Waals surface area contributed by atoms with Crippen molar-refractivity contribution in [1.29, 1.82) is 0 Å². The Morgan fingerprint density at radius 3 is 2.35 bits per heavy atom. The van der Waals surface area contributed by atoms with Crippen LogP contribution in [0.5, 0.6) is 5.75 Å². The van der Waals surface area contributed by atoms with Crippen LogP contribution in [0.1, 0.15) is 15.9 Å². The van der Waals surface area contributed by atoms with E-state index in [1.165, 1.54) is 7.11 Å². The van der Waals surface area contributed by atoms with Gasteiger partial charge in [-0.1, -0.05) is 0 Å². The van der Waals surface area contributed by atoms with Crippen molar-refractivity contribution >= 4 is 28.6 Å². The molecule has 0 aliphatic carbocycles. The third kappa shape index (κ3) is 3.07. The number of hydrogen-bond donors (Lipinski definition) is 0. The number of carbonyl (C=O) groups excluding carboxylic acids is 1. The topological polar surface area (TPSA) is 26.3 Å². The molecule has 0 atom stereocenters. The molecule has 2 nitrogen and oxygen atoms in total. The highest BCUT2D eigenvalue weighted by Crippen LogP contribution is 2.38. The van der Waals surface area contributed by atoms with Gasteiger partial charge in [-0.2, -0.15) is 13.2 Å². The highest BCUT2D eigenvalue weighted by molar-refractivity contribution is 7.98. The summed E-state index contributed by atoms with van der Waals surface area (Å²) in [5, 5.41) is -0.847. The minimum Gasteiger partial charge on any atom is -0.496 e. The predicted octanol–water partition coefficient (Wildman–Crippen LogP) is 3.81. The summed E-state index contributed by atoms with van der Waals surface area (Å²) in [5.41, 5.74) is -0.921. The summed E-state index contributed by atoms with van der Waals surface area (Å²) < 4.78 is 42.5. The number of rotatable bonds is 3. The smallest absolute Gasteiger partial charge is 0.416 e. The molecule has 0 amide bonds. The third-order valence-corrected chi connectivity index (χ3v) is 2.98. The average Bonchev–Trinajstić information content (AvgIpc) is 2.25. The molecular formula is C10H8ClF3O2S. The molecule has 0 fully saturated rings. The Kier molecular flexibility index (Phi) is 4.32. The van der Waals surface area contributed by atoms with Gasteiger partial charge < -0.3 is 4.74 Å². The molecule has 0 heterocycles. The quantitative estimate of drug-likeness (QED) is 0.623. The molecule has 0 saturated heterocycles. The number of carbonyl (C=O) groups is 1. The van der Waals surface area contributed by atoms with Crippen LogP contribution in [-0.4, -0.2) is 18.6 Å². The Balaban J connectivity index is 3.50. The minimum atomic E-state index is -4.49. The summed E-state index contributed by atoms with van der Waals surface area (Å²) in [5.74, 6) is -0.177. The molecule has 0 aliphatic heterocycles. The molecule has 1 aromatic carbocycles. The molecule has 0 saturated carbocycles. The highest BCUT2D eigenvalue weighted by Gasteiger charge is 2.33. The number of thioether (sulfide) groups is 1. The number of benzene rings is 1. The molecule has 7 heteroatoms. The van der Waals surface area contributed by atoms with E-state index in [0.717, 1.165) is 23.9 Å². The predicted molar refractivity (Wildman–Crippen MR) is 60.0 cm³/mol. The molecule has 0 N–H and O–H groups in total. The monoisotopic (exact) mass is 284 g/mol. The lowest BCUT2D eigenvalue weighted by molar-refractivity contribution is -0.137. The van der Waals surface area contributed by atoms with E-state index in [-0.39, 0.29) is 16.2 Å². The third-order valence-electron chi connectivity index (χ3n) is 2.03. The van der Waals surface area contributed by atoms with Crippen molar-refractivity contribution in [3.63, 3.8) is 0 Å². The maximum absolute atomic E-state index is 12.6. The second kappa shape index (κ2) is 5.18. The first kappa shape index (κ1) is 14.2. The normalized spacial score (nSPS) is 11.4. The number of methoxy groups -OCH3 is 1. The first-order valence-electron chi connectivity index (χ1n) is 4.34. The van der Waals surface area contributed by atoms with Crippen LogP contribution in [0, 0.1) is 0 Å². The minimum absolute atomic E-state index is 0.0466. The molecule has 94 valence electrons. The second-order valence-electron chi connectivity index (χ2n) is 3.03. The van der Waals surface area contributed by atoms with Crippen LogP contribution < -0.4 is 4.74 Å². The van der Waals surface area contributed by atoms with Crippen LogP contribution in [0.25, 0.3) is 0 Å². The molecular weight excluding hydrogens is 277 g/mol. The lowest BCUT2D eigenvalue weighted by Crippen LogP contribution is -2.08. The van der Waals surface area contributed by atoms with Crippen LogP contribution in [0.3, 0.4) is 0 Å². The van der Waals surface area contributed by atoms with Crippen LogP contribution in [0.2, 0.25) is 0 Å². The molecule has 0 aliphatic rings. The summed E-state index contributed by atoms with van der Waals surface area (Å²) in [6.45, 7) is 0. The molecule has 1 rings (SSSR count). The standard InChI is InChI=1S/C10H8ClF3O2S/c1-16-6-3-5(10(12,13)14)4-7(17-2)8(6)9(11)15/h3-4H,1-2H3. The average molecular weight is 285 g/mol. The Morgan fingerprint density at radius 2 is 2.00 bits per heavy atom. The van der Waals surface area contributed by atoms with E-state index in [1.807, 2.05) is 0 Å². The Bertz CT molecular complexity index is 421. The van der Waals surface area contributed by atoms with Gasteiger partial charge in [0, 0.05) is 4.90 Å². The number of hydrogen-bond acceptors (Lipinski definition) is 3. The second-order valence-corrected chi connectivity index (χ2v) is 4.22. The van der Waals surface area contributed by atoms with E-state index in [9.17, 15) is 18.0 Å². The maximum Gasteiger partial charge on any atom is 0.416 e. The van der Waals surface area contributed by atoms with Gasteiger partial charge in [-0.15, -0.1) is 11.8 Å². The molecule has 0 bridgehead atoms. The van der Waals surface area contributed by atoms with E-state index >= 15 is 0 Å². The van der Waals surface area contributed by atoms with Crippen molar-refractivity contribution < 1.29 is 22.7 Å². The van der Waals surface area contributed by atoms with Crippen molar-refractivity contribution in [3.05, 3.63) is 23.3 Å². The van der Waals surface area contributed by atoms with Crippen molar-refractivity contribution in [2.45, 2.75) is 11.1 Å². The number of halogens is 4. The lowest BCUT2D eigenvalue weighted by atomic mass is 10.1. The van der Waals surface area contributed by atoms with Gasteiger partial charge in [0.25, 0.3) is 5.24 Å². The van der Waals surface area contributed by atoms with Gasteiger partial charge in [-0.25, -0.2) is 0 Å². The van der Waals surface area contributed by atoms with Crippen LogP contribution in [0.4, 0.5) is 13.2 Å². The van der Waals surface area contributed by atoms with Gasteiger partial charge >= 0.3 is 6.18 Å². The van der Waals surface area contributed by atoms with Gasteiger partial charge in [0.15, 0.2) is 0 Å². The maximum atomic E-state index is 12.6. The summed E-state index contributed by atoms with van der Waals surface area (Å²) >= 11 is 6.32. The van der Waals surface area contributed by atoms with Gasteiger partial charge in [0.05, 0.1) is 18.2 Å². The van der Waals surface area contributed by atoms with Crippen molar-refractivity contribution in [2.24, 2.45) is 0 Å². The van der Waals surface area contributed by atoms with E-state index in [1.54, 1.807) is 6.26 Å². The van der Waals surface area contributed by atoms with Crippen LogP contribution >= 0.6 is 23.4 Å². The largest absolute Gasteiger partial charge is 0.496 e. The fourth-order valence-corrected chi connectivity index (χ4v) is 2.16. The fraction of sp³-hybridized carbons (Fsp3) is 0.300. The lowest BCUT2D eigenvalue weighted by Gasteiger charge is -2.14. The summed E-state index contributed by atoms with van der Waals surface area (Å²) in [6.07, 6.45) is -2.94. The highest BCUT2D eigenvalue weighted by atomic mass is 35.5. The van der Waals surface area contributed by atoms with E-state index in [0.29, 0.717) is 0 Å². The zero-order valence-electron chi connectivity index (χ0n) is 8.89. The van der Waals surface area contributed by atoms with Gasteiger partial charge in [0.1, 0.15) is 5.75 Å². The molecule has 0 radical (unpaired) electrons. The van der Waals surface area contributed by atoms with Crippen molar-refractivity contribution in [1.82, 2.24) is 0 Å². The first-order valence-corrected chi connectivity index (χ1v) is 5.94. The fourth-order valence-electron chi connectivity index (χ4n) is 1.27. The summed E-state index contributed by atoms with van der Waals surface area (Å²) in [4.78, 5) is 11.3. The van der Waals surface area contributed by atoms with E-state index < -0.39 is 17.0 Å². The summed E-state index contributed by atoms with van der Waals surface area (Å²) in [6, 6.07) is 1.64. The number of ether oxygens (including phenoxy) is 1. The summed E-state index contributed by atoms with van der Waals surface area (Å²) in [7, 11) is 1.18. The van der Waals surface area contributed by atoms with Gasteiger partial charge in [0.2, 0.25) is 0 Å². The van der Waals surface area contributed by atoms with Gasteiger partial charge in [-0.3, -0.25) is 4.79 Å². The van der Waals surface area contributed by atoms with Crippen LogP contribution in [0.15, 0.2) is 17.0 Å². The van der Waals surface area contributed by atoms with E-state index in [4.69, 9.17) is 16.3 Å². The molecule has 0 unspecified atom stereocenters. The molecule has 1 aromatic rings. The zero-order valence-corrected chi connectivity index (χ0v) is 10.5. The van der Waals surface area contributed by atoms with Crippen molar-refractivity contribution in [2.75, 3.05) is 13.4 Å². The van der Waals surface area contributed by atoms with Crippen molar-refractivity contribution in [3.8, 4) is 5.75 Å². The SMILES string of the molecule is COc1cc(C(F)(F)F)cc(SC)c1C(=O)Cl. The molecule has 0 spiro atoms. The molecule has 17 heavy (non-hydrogen) atoms.